The van der Waals surface area contributed by atoms with Gasteiger partial charge in [-0.25, -0.2) is 9.97 Å². The molecule has 1 aromatic heterocycles. The molecule has 0 aliphatic carbocycles. The van der Waals surface area contributed by atoms with Crippen molar-refractivity contribution in [2.45, 2.75) is 6.42 Å². The second-order valence-corrected chi connectivity index (χ2v) is 3.90. The van der Waals surface area contributed by atoms with Crippen LogP contribution in [-0.4, -0.2) is 23.7 Å². The van der Waals surface area contributed by atoms with Crippen LogP contribution in [0.5, 0.6) is 0 Å². The number of hydrogen-bond donors (Lipinski definition) is 1. The van der Waals surface area contributed by atoms with E-state index in [2.05, 4.69) is 15.3 Å². The van der Waals surface area contributed by atoms with Crippen molar-refractivity contribution in [1.29, 1.82) is 5.26 Å². The second kappa shape index (κ2) is 6.47. The third-order valence-corrected chi connectivity index (χ3v) is 2.61. The first-order valence-corrected chi connectivity index (χ1v) is 5.90. The number of nitrogens with one attached hydrogen (secondary N) is 1. The van der Waals surface area contributed by atoms with E-state index in [9.17, 15) is 0 Å². The first-order chi connectivity index (χ1) is 9.33. The predicted octanol–water partition coefficient (Wildman–Crippen LogP) is 2.28. The minimum atomic E-state index is 0.340. The van der Waals surface area contributed by atoms with Crippen LogP contribution >= 0.6 is 0 Å². The zero-order valence-corrected chi connectivity index (χ0v) is 10.6. The molecule has 19 heavy (non-hydrogen) atoms. The van der Waals surface area contributed by atoms with Gasteiger partial charge in [-0.2, -0.15) is 5.26 Å². The van der Waals surface area contributed by atoms with Crippen LogP contribution in [0, 0.1) is 11.3 Å². The van der Waals surface area contributed by atoms with Crippen molar-refractivity contribution in [2.75, 3.05) is 19.0 Å². The summed E-state index contributed by atoms with van der Waals surface area (Å²) in [7, 11) is 1.68. The highest BCUT2D eigenvalue weighted by molar-refractivity contribution is 5.58. The van der Waals surface area contributed by atoms with Gasteiger partial charge in [-0.05, 0) is 24.1 Å². The molecule has 1 N–H and O–H groups in total. The number of methoxy groups -OCH3 is 1. The Bertz CT molecular complexity index is 592. The van der Waals surface area contributed by atoms with Gasteiger partial charge in [-0.1, -0.05) is 18.2 Å². The number of ether oxygens (including phenoxy) is 1. The fourth-order valence-corrected chi connectivity index (χ4v) is 1.67. The van der Waals surface area contributed by atoms with Crippen LogP contribution in [-0.2, 0) is 11.2 Å². The number of hydrogen-bond acceptors (Lipinski definition) is 5. The first kappa shape index (κ1) is 13.0. The van der Waals surface area contributed by atoms with Crippen molar-refractivity contribution in [2.24, 2.45) is 0 Å². The Balaban J connectivity index is 2.20. The third-order valence-electron chi connectivity index (χ3n) is 2.61. The lowest BCUT2D eigenvalue weighted by molar-refractivity contribution is 0.202. The Morgan fingerprint density at radius 3 is 2.95 bits per heavy atom. The quantitative estimate of drug-likeness (QED) is 0.886. The molecule has 96 valence electrons. The summed E-state index contributed by atoms with van der Waals surface area (Å²) in [6.07, 6.45) is 2.36. The van der Waals surface area contributed by atoms with Crippen LogP contribution in [0.25, 0.3) is 0 Å². The minimum absolute atomic E-state index is 0.340. The molecule has 0 radical (unpaired) electrons. The summed E-state index contributed by atoms with van der Waals surface area (Å²) in [6, 6.07) is 11.4. The van der Waals surface area contributed by atoms with Crippen molar-refractivity contribution in [3.8, 4) is 6.07 Å². The van der Waals surface area contributed by atoms with E-state index in [1.165, 1.54) is 0 Å². The van der Waals surface area contributed by atoms with Crippen molar-refractivity contribution in [1.82, 2.24) is 9.97 Å². The molecule has 1 aromatic carbocycles. The molecule has 0 saturated heterocycles. The number of para-hydroxylation sites is 1. The average Bonchev–Trinajstić information content (AvgIpc) is 2.46. The summed E-state index contributed by atoms with van der Waals surface area (Å²) in [6.45, 7) is 0.651. The van der Waals surface area contributed by atoms with Crippen LogP contribution in [0.15, 0.2) is 36.5 Å². The van der Waals surface area contributed by atoms with Crippen LogP contribution in [0.4, 0.5) is 11.6 Å². The Morgan fingerprint density at radius 1 is 1.32 bits per heavy atom. The molecule has 0 amide bonds. The number of rotatable bonds is 5. The van der Waals surface area contributed by atoms with Gasteiger partial charge in [-0.15, -0.1) is 0 Å². The molecule has 5 nitrogen and oxygen atoms in total. The maximum absolute atomic E-state index is 8.81. The van der Waals surface area contributed by atoms with Gasteiger partial charge in [0.15, 0.2) is 0 Å². The highest BCUT2D eigenvalue weighted by Gasteiger charge is 2.04. The first-order valence-electron chi connectivity index (χ1n) is 5.90. The molecule has 0 aliphatic rings. The lowest BCUT2D eigenvalue weighted by Crippen LogP contribution is -2.03. The van der Waals surface area contributed by atoms with E-state index in [0.717, 1.165) is 17.7 Å². The normalized spacial score (nSPS) is 9.89. The van der Waals surface area contributed by atoms with E-state index in [1.807, 2.05) is 30.3 Å². The minimum Gasteiger partial charge on any atom is -0.384 e. The van der Waals surface area contributed by atoms with Crippen LogP contribution in [0.1, 0.15) is 11.3 Å². The zero-order valence-electron chi connectivity index (χ0n) is 10.6. The topological polar surface area (TPSA) is 70.8 Å². The second-order valence-electron chi connectivity index (χ2n) is 3.90. The van der Waals surface area contributed by atoms with Gasteiger partial charge in [0.25, 0.3) is 0 Å². The van der Waals surface area contributed by atoms with Crippen LogP contribution in [0.3, 0.4) is 0 Å². The number of aromatic nitrogens is 2. The Labute approximate surface area is 111 Å². The van der Waals surface area contributed by atoms with E-state index < -0.39 is 0 Å². The maximum atomic E-state index is 8.81. The van der Waals surface area contributed by atoms with E-state index in [1.54, 1.807) is 19.4 Å². The fourth-order valence-electron chi connectivity index (χ4n) is 1.67. The molecular formula is C14H14N4O. The van der Waals surface area contributed by atoms with Gasteiger partial charge in [0.2, 0.25) is 5.95 Å². The molecule has 0 atom stereocenters. The molecule has 0 aliphatic heterocycles. The average molecular weight is 254 g/mol. The fraction of sp³-hybridized carbons (Fsp3) is 0.214. The van der Waals surface area contributed by atoms with E-state index in [-0.39, 0.29) is 0 Å². The van der Waals surface area contributed by atoms with Gasteiger partial charge in [0.1, 0.15) is 11.8 Å². The summed E-state index contributed by atoms with van der Waals surface area (Å²) < 4.78 is 5.09. The maximum Gasteiger partial charge on any atom is 0.228 e. The summed E-state index contributed by atoms with van der Waals surface area (Å²) >= 11 is 0. The SMILES string of the molecule is COCCc1ccccc1Nc1nccc(C#N)n1. The number of nitrogens with zero attached hydrogens (tertiary/aromatic N) is 3. The summed E-state index contributed by atoms with van der Waals surface area (Å²) in [5, 5.41) is 11.9. The van der Waals surface area contributed by atoms with Gasteiger partial charge in [0, 0.05) is 19.0 Å². The predicted molar refractivity (Wildman–Crippen MR) is 72.1 cm³/mol. The number of nitriles is 1. The number of benzene rings is 1. The Kier molecular flexibility index (Phi) is 4.43. The molecule has 0 saturated carbocycles. The highest BCUT2D eigenvalue weighted by atomic mass is 16.5. The highest BCUT2D eigenvalue weighted by Crippen LogP contribution is 2.19. The summed E-state index contributed by atoms with van der Waals surface area (Å²) in [5.74, 6) is 0.420. The smallest absolute Gasteiger partial charge is 0.228 e. The van der Waals surface area contributed by atoms with Gasteiger partial charge in [0.05, 0.1) is 6.61 Å². The van der Waals surface area contributed by atoms with Crippen molar-refractivity contribution in [3.63, 3.8) is 0 Å². The number of anilines is 2. The van der Waals surface area contributed by atoms with E-state index in [4.69, 9.17) is 10.00 Å². The van der Waals surface area contributed by atoms with E-state index >= 15 is 0 Å². The van der Waals surface area contributed by atoms with Crippen LogP contribution < -0.4 is 5.32 Å². The lowest BCUT2D eigenvalue weighted by Gasteiger charge is -2.10. The standard InChI is InChI=1S/C14H14N4O/c1-19-9-7-11-4-2-3-5-13(11)18-14-16-8-6-12(10-15)17-14/h2-6,8H,7,9H2,1H3,(H,16,17,18). The molecule has 5 heteroatoms. The molecule has 0 spiro atoms. The molecule has 1 heterocycles. The zero-order chi connectivity index (χ0) is 13.5. The van der Waals surface area contributed by atoms with Gasteiger partial charge >= 0.3 is 0 Å². The third kappa shape index (κ3) is 3.50. The van der Waals surface area contributed by atoms with Gasteiger partial charge in [-0.3, -0.25) is 0 Å². The molecule has 0 unspecified atom stereocenters. The molecule has 0 bridgehead atoms. The molecular weight excluding hydrogens is 240 g/mol. The monoisotopic (exact) mass is 254 g/mol. The van der Waals surface area contributed by atoms with Gasteiger partial charge < -0.3 is 10.1 Å². The summed E-state index contributed by atoms with van der Waals surface area (Å²) in [5.41, 5.74) is 2.39. The summed E-state index contributed by atoms with van der Waals surface area (Å²) in [4.78, 5) is 8.19. The van der Waals surface area contributed by atoms with Crippen molar-refractivity contribution >= 4 is 11.6 Å². The Morgan fingerprint density at radius 2 is 2.16 bits per heavy atom. The molecule has 2 rings (SSSR count). The van der Waals surface area contributed by atoms with Crippen molar-refractivity contribution < 1.29 is 4.74 Å². The van der Waals surface area contributed by atoms with Crippen LogP contribution in [0.2, 0.25) is 0 Å². The van der Waals surface area contributed by atoms with E-state index in [0.29, 0.717) is 18.2 Å². The molecule has 0 fully saturated rings. The largest absolute Gasteiger partial charge is 0.384 e. The lowest BCUT2D eigenvalue weighted by atomic mass is 10.1. The Hall–Kier alpha value is -2.45. The molecule has 2 aromatic rings. The van der Waals surface area contributed by atoms with Crippen molar-refractivity contribution in [3.05, 3.63) is 47.8 Å².